The Kier molecular flexibility index (Phi) is 3.37. The fourth-order valence-electron chi connectivity index (χ4n) is 2.42. The number of nitrogens with zero attached hydrogens (tertiary/aromatic N) is 3. The summed E-state index contributed by atoms with van der Waals surface area (Å²) in [6.45, 7) is 5.30. The van der Waals surface area contributed by atoms with Gasteiger partial charge in [0.25, 0.3) is 0 Å². The van der Waals surface area contributed by atoms with Crippen molar-refractivity contribution < 1.29 is 0 Å². The highest BCUT2D eigenvalue weighted by Crippen LogP contribution is 2.20. The quantitative estimate of drug-likeness (QED) is 0.917. The Bertz CT molecular complexity index is 557. The number of aryl methyl sites for hydroxylation is 1. The minimum atomic E-state index is 0.935. The van der Waals surface area contributed by atoms with Gasteiger partial charge in [-0.2, -0.15) is 0 Å². The molecule has 0 aliphatic carbocycles. The maximum atomic E-state index is 4.73. The maximum Gasteiger partial charge on any atom is 0.123 e. The number of halogens is 1. The van der Waals surface area contributed by atoms with Crippen LogP contribution in [-0.4, -0.2) is 40.6 Å². The van der Waals surface area contributed by atoms with E-state index in [2.05, 4.69) is 49.9 Å². The lowest BCUT2D eigenvalue weighted by Crippen LogP contribution is -2.43. The molecule has 3 rings (SSSR count). The van der Waals surface area contributed by atoms with E-state index >= 15 is 0 Å². The Hall–Kier alpha value is -0.910. The molecule has 1 aromatic heterocycles. The average molecular weight is 309 g/mol. The van der Waals surface area contributed by atoms with Crippen molar-refractivity contribution in [2.75, 3.05) is 26.2 Å². The van der Waals surface area contributed by atoms with Gasteiger partial charge in [-0.25, -0.2) is 4.98 Å². The molecule has 0 saturated carbocycles. The average Bonchev–Trinajstić information content (AvgIpc) is 2.68. The van der Waals surface area contributed by atoms with Gasteiger partial charge in [0.05, 0.1) is 17.6 Å². The Labute approximate surface area is 115 Å². The Balaban J connectivity index is 1.89. The van der Waals surface area contributed by atoms with Crippen LogP contribution in [0.4, 0.5) is 0 Å². The van der Waals surface area contributed by atoms with Crippen molar-refractivity contribution in [1.29, 1.82) is 0 Å². The molecule has 1 N–H and O–H groups in total. The molecule has 18 heavy (non-hydrogen) atoms. The van der Waals surface area contributed by atoms with Gasteiger partial charge in [-0.3, -0.25) is 4.90 Å². The van der Waals surface area contributed by atoms with Gasteiger partial charge in [0.2, 0.25) is 0 Å². The molecule has 2 aromatic rings. The van der Waals surface area contributed by atoms with E-state index < -0.39 is 0 Å². The van der Waals surface area contributed by atoms with Gasteiger partial charge in [0, 0.05) is 37.7 Å². The van der Waals surface area contributed by atoms with Gasteiger partial charge < -0.3 is 9.88 Å². The molecule has 1 aliphatic rings. The van der Waals surface area contributed by atoms with Crippen molar-refractivity contribution in [3.8, 4) is 0 Å². The minimum Gasteiger partial charge on any atom is -0.330 e. The molecule has 1 aromatic carbocycles. The lowest BCUT2D eigenvalue weighted by molar-refractivity contribution is 0.226. The van der Waals surface area contributed by atoms with Crippen molar-refractivity contribution in [2.45, 2.75) is 6.54 Å². The van der Waals surface area contributed by atoms with E-state index in [1.807, 2.05) is 6.07 Å². The third-order valence-electron chi connectivity index (χ3n) is 3.51. The molecule has 1 aliphatic heterocycles. The van der Waals surface area contributed by atoms with E-state index in [9.17, 15) is 0 Å². The SMILES string of the molecule is Cn1c(CN2CCNCC2)nc2ccc(Br)cc21. The van der Waals surface area contributed by atoms with E-state index in [-0.39, 0.29) is 0 Å². The van der Waals surface area contributed by atoms with Crippen molar-refractivity contribution in [1.82, 2.24) is 19.8 Å². The van der Waals surface area contributed by atoms with Gasteiger partial charge in [-0.15, -0.1) is 0 Å². The highest BCUT2D eigenvalue weighted by atomic mass is 79.9. The molecule has 1 fully saturated rings. The second-order valence-electron chi connectivity index (χ2n) is 4.75. The summed E-state index contributed by atoms with van der Waals surface area (Å²) in [5, 5.41) is 3.37. The lowest BCUT2D eigenvalue weighted by atomic mass is 10.3. The van der Waals surface area contributed by atoms with Crippen LogP contribution >= 0.6 is 15.9 Å². The highest BCUT2D eigenvalue weighted by Gasteiger charge is 2.14. The number of hydrogen-bond donors (Lipinski definition) is 1. The Morgan fingerprint density at radius 3 is 2.89 bits per heavy atom. The van der Waals surface area contributed by atoms with E-state index in [0.29, 0.717) is 0 Å². The standard InChI is InChI=1S/C13H17BrN4/c1-17-12-8-10(14)2-3-11(12)16-13(17)9-18-6-4-15-5-7-18/h2-3,8,15H,4-7,9H2,1H3. The molecular weight excluding hydrogens is 292 g/mol. The zero-order valence-electron chi connectivity index (χ0n) is 10.5. The zero-order chi connectivity index (χ0) is 12.5. The first-order chi connectivity index (χ1) is 8.74. The topological polar surface area (TPSA) is 33.1 Å². The van der Waals surface area contributed by atoms with E-state index in [1.54, 1.807) is 0 Å². The summed E-state index contributed by atoms with van der Waals surface area (Å²) in [5.41, 5.74) is 2.26. The maximum absolute atomic E-state index is 4.73. The molecule has 4 nitrogen and oxygen atoms in total. The number of piperazine rings is 1. The first-order valence-electron chi connectivity index (χ1n) is 6.28. The van der Waals surface area contributed by atoms with Crippen molar-refractivity contribution in [3.63, 3.8) is 0 Å². The van der Waals surface area contributed by atoms with Gasteiger partial charge in [-0.1, -0.05) is 15.9 Å². The van der Waals surface area contributed by atoms with Crippen LogP contribution < -0.4 is 5.32 Å². The number of imidazole rings is 1. The van der Waals surface area contributed by atoms with Crippen LogP contribution in [0, 0.1) is 0 Å². The lowest BCUT2D eigenvalue weighted by Gasteiger charge is -2.26. The van der Waals surface area contributed by atoms with Gasteiger partial charge in [0.1, 0.15) is 5.82 Å². The molecule has 2 heterocycles. The molecule has 0 radical (unpaired) electrons. The van der Waals surface area contributed by atoms with E-state index in [4.69, 9.17) is 4.98 Å². The predicted octanol–water partition coefficient (Wildman–Crippen LogP) is 1.74. The summed E-state index contributed by atoms with van der Waals surface area (Å²) in [7, 11) is 2.10. The molecule has 5 heteroatoms. The largest absolute Gasteiger partial charge is 0.330 e. The smallest absolute Gasteiger partial charge is 0.123 e. The summed E-state index contributed by atoms with van der Waals surface area (Å²) in [6, 6.07) is 6.24. The third-order valence-corrected chi connectivity index (χ3v) is 4.00. The van der Waals surface area contributed by atoms with Crippen LogP contribution in [0.25, 0.3) is 11.0 Å². The van der Waals surface area contributed by atoms with Crippen LogP contribution in [0.15, 0.2) is 22.7 Å². The van der Waals surface area contributed by atoms with Crippen LogP contribution in [0.5, 0.6) is 0 Å². The van der Waals surface area contributed by atoms with Crippen LogP contribution in [0.1, 0.15) is 5.82 Å². The third kappa shape index (κ3) is 2.30. The molecule has 0 unspecified atom stereocenters. The Morgan fingerprint density at radius 2 is 2.11 bits per heavy atom. The summed E-state index contributed by atoms with van der Waals surface area (Å²) in [4.78, 5) is 7.18. The van der Waals surface area contributed by atoms with Crippen LogP contribution in [0.3, 0.4) is 0 Å². The van der Waals surface area contributed by atoms with E-state index in [1.165, 1.54) is 5.52 Å². The predicted molar refractivity (Wildman–Crippen MR) is 76.6 cm³/mol. The molecule has 96 valence electrons. The second kappa shape index (κ2) is 4.99. The number of aromatic nitrogens is 2. The first kappa shape index (κ1) is 12.1. The Morgan fingerprint density at radius 1 is 1.33 bits per heavy atom. The summed E-state index contributed by atoms with van der Waals surface area (Å²) in [5.74, 6) is 1.14. The number of hydrogen-bond acceptors (Lipinski definition) is 3. The van der Waals surface area contributed by atoms with Gasteiger partial charge in [0.15, 0.2) is 0 Å². The first-order valence-corrected chi connectivity index (χ1v) is 7.07. The highest BCUT2D eigenvalue weighted by molar-refractivity contribution is 9.10. The number of rotatable bonds is 2. The minimum absolute atomic E-state index is 0.935. The number of fused-ring (bicyclic) bond motifs is 1. The number of nitrogens with one attached hydrogen (secondary N) is 1. The summed E-state index contributed by atoms with van der Waals surface area (Å²) in [6.07, 6.45) is 0. The second-order valence-corrected chi connectivity index (χ2v) is 5.66. The molecular formula is C13H17BrN4. The van der Waals surface area contributed by atoms with Crippen LogP contribution in [0.2, 0.25) is 0 Å². The van der Waals surface area contributed by atoms with Crippen molar-refractivity contribution >= 4 is 27.0 Å². The molecule has 1 saturated heterocycles. The fourth-order valence-corrected chi connectivity index (χ4v) is 2.77. The van der Waals surface area contributed by atoms with Crippen molar-refractivity contribution in [2.24, 2.45) is 7.05 Å². The fraction of sp³-hybridized carbons (Fsp3) is 0.462. The van der Waals surface area contributed by atoms with Gasteiger partial charge in [-0.05, 0) is 18.2 Å². The molecule has 0 atom stereocenters. The molecule has 0 spiro atoms. The summed E-state index contributed by atoms with van der Waals surface area (Å²) < 4.78 is 3.30. The molecule has 0 amide bonds. The van der Waals surface area contributed by atoms with Gasteiger partial charge >= 0.3 is 0 Å². The van der Waals surface area contributed by atoms with Crippen molar-refractivity contribution in [3.05, 3.63) is 28.5 Å². The van der Waals surface area contributed by atoms with Crippen LogP contribution in [-0.2, 0) is 13.6 Å². The number of benzene rings is 1. The molecule has 0 bridgehead atoms. The summed E-state index contributed by atoms with van der Waals surface area (Å²) >= 11 is 3.51. The van der Waals surface area contributed by atoms with E-state index in [0.717, 1.165) is 48.5 Å². The zero-order valence-corrected chi connectivity index (χ0v) is 12.1. The normalized spacial score (nSPS) is 17.4. The monoisotopic (exact) mass is 308 g/mol.